The third-order valence-electron chi connectivity index (χ3n) is 2.75. The van der Waals surface area contributed by atoms with Gasteiger partial charge in [0.25, 0.3) is 0 Å². The van der Waals surface area contributed by atoms with Crippen molar-refractivity contribution in [2.24, 2.45) is 0 Å². The molecule has 0 aromatic heterocycles. The third kappa shape index (κ3) is 2.97. The molecule has 0 saturated carbocycles. The van der Waals surface area contributed by atoms with Crippen molar-refractivity contribution in [1.29, 1.82) is 0 Å². The molecule has 0 aliphatic rings. The van der Waals surface area contributed by atoms with Crippen molar-refractivity contribution >= 4 is 6.08 Å². The molecule has 0 spiro atoms. The highest BCUT2D eigenvalue weighted by Crippen LogP contribution is 2.16. The van der Waals surface area contributed by atoms with Crippen LogP contribution in [0.5, 0.6) is 5.75 Å². The summed E-state index contributed by atoms with van der Waals surface area (Å²) in [5, 5.41) is 0. The van der Waals surface area contributed by atoms with E-state index in [1.165, 1.54) is 11.1 Å². The maximum atomic E-state index is 5.77. The minimum Gasteiger partial charge on any atom is -0.489 e. The Morgan fingerprint density at radius 1 is 1.12 bits per heavy atom. The second kappa shape index (κ2) is 5.35. The molecule has 2 aromatic carbocycles. The van der Waals surface area contributed by atoms with Crippen molar-refractivity contribution in [2.75, 3.05) is 0 Å². The van der Waals surface area contributed by atoms with E-state index in [4.69, 9.17) is 4.74 Å². The van der Waals surface area contributed by atoms with E-state index in [-0.39, 0.29) is 0 Å². The Labute approximate surface area is 102 Å². The van der Waals surface area contributed by atoms with E-state index >= 15 is 0 Å². The predicted molar refractivity (Wildman–Crippen MR) is 72.0 cm³/mol. The molecule has 1 nitrogen and oxygen atoms in total. The van der Waals surface area contributed by atoms with E-state index < -0.39 is 0 Å². The Kier molecular flexibility index (Phi) is 3.61. The molecule has 0 aliphatic heterocycles. The standard InChI is InChI=1S/C16H16O/c1-3-14-8-6-10-16(11-14)17-12-15-9-5-4-7-13(15)2/h3-11H,1,12H2,2H3. The second-order valence-electron chi connectivity index (χ2n) is 3.99. The molecule has 0 fully saturated rings. The number of rotatable bonds is 4. The summed E-state index contributed by atoms with van der Waals surface area (Å²) in [5.74, 6) is 0.880. The molecular formula is C16H16O. The van der Waals surface area contributed by atoms with Gasteiger partial charge in [0, 0.05) is 0 Å². The van der Waals surface area contributed by atoms with Gasteiger partial charge >= 0.3 is 0 Å². The fraction of sp³-hybridized carbons (Fsp3) is 0.125. The van der Waals surface area contributed by atoms with Gasteiger partial charge < -0.3 is 4.74 Å². The number of hydrogen-bond acceptors (Lipinski definition) is 1. The predicted octanol–water partition coefficient (Wildman–Crippen LogP) is 4.22. The summed E-state index contributed by atoms with van der Waals surface area (Å²) in [5.41, 5.74) is 3.55. The molecule has 0 atom stereocenters. The second-order valence-corrected chi connectivity index (χ2v) is 3.99. The monoisotopic (exact) mass is 224 g/mol. The van der Waals surface area contributed by atoms with Gasteiger partial charge in [-0.2, -0.15) is 0 Å². The largest absolute Gasteiger partial charge is 0.489 e. The van der Waals surface area contributed by atoms with Gasteiger partial charge in [0.1, 0.15) is 12.4 Å². The molecule has 0 N–H and O–H groups in total. The molecule has 0 saturated heterocycles. The molecule has 2 aromatic rings. The Morgan fingerprint density at radius 3 is 2.71 bits per heavy atom. The van der Waals surface area contributed by atoms with Crippen LogP contribution >= 0.6 is 0 Å². The molecule has 0 unspecified atom stereocenters. The van der Waals surface area contributed by atoms with E-state index in [1.54, 1.807) is 0 Å². The fourth-order valence-electron chi connectivity index (χ4n) is 1.66. The topological polar surface area (TPSA) is 9.23 Å². The molecule has 0 radical (unpaired) electrons. The zero-order chi connectivity index (χ0) is 12.1. The Bertz CT molecular complexity index is 514. The molecule has 0 amide bonds. The van der Waals surface area contributed by atoms with Gasteiger partial charge in [0.05, 0.1) is 0 Å². The number of ether oxygens (including phenoxy) is 1. The van der Waals surface area contributed by atoms with Crippen LogP contribution < -0.4 is 4.74 Å². The van der Waals surface area contributed by atoms with Crippen molar-refractivity contribution in [2.45, 2.75) is 13.5 Å². The molecule has 17 heavy (non-hydrogen) atoms. The molecular weight excluding hydrogens is 208 g/mol. The van der Waals surface area contributed by atoms with E-state index in [0.29, 0.717) is 6.61 Å². The highest BCUT2D eigenvalue weighted by Gasteiger charge is 1.99. The van der Waals surface area contributed by atoms with E-state index in [1.807, 2.05) is 42.5 Å². The van der Waals surface area contributed by atoms with Gasteiger partial charge in [-0.15, -0.1) is 0 Å². The van der Waals surface area contributed by atoms with Crippen LogP contribution in [0.1, 0.15) is 16.7 Å². The zero-order valence-electron chi connectivity index (χ0n) is 10.0. The number of hydrogen-bond donors (Lipinski definition) is 0. The fourth-order valence-corrected chi connectivity index (χ4v) is 1.66. The SMILES string of the molecule is C=Cc1cccc(OCc2ccccc2C)c1. The lowest BCUT2D eigenvalue weighted by Crippen LogP contribution is -1.97. The lowest BCUT2D eigenvalue weighted by atomic mass is 10.1. The van der Waals surface area contributed by atoms with Gasteiger partial charge in [-0.3, -0.25) is 0 Å². The van der Waals surface area contributed by atoms with Crippen molar-refractivity contribution in [1.82, 2.24) is 0 Å². The van der Waals surface area contributed by atoms with Crippen LogP contribution in [0.25, 0.3) is 6.08 Å². The van der Waals surface area contributed by atoms with Gasteiger partial charge in [-0.05, 0) is 35.7 Å². The first-order valence-corrected chi connectivity index (χ1v) is 5.69. The maximum absolute atomic E-state index is 5.77. The summed E-state index contributed by atoms with van der Waals surface area (Å²) in [7, 11) is 0. The highest BCUT2D eigenvalue weighted by atomic mass is 16.5. The smallest absolute Gasteiger partial charge is 0.120 e. The minimum atomic E-state index is 0.604. The molecule has 2 rings (SSSR count). The average Bonchev–Trinajstić information content (AvgIpc) is 2.38. The Morgan fingerprint density at radius 2 is 1.94 bits per heavy atom. The summed E-state index contributed by atoms with van der Waals surface area (Å²) in [4.78, 5) is 0. The van der Waals surface area contributed by atoms with Crippen molar-refractivity contribution in [3.05, 3.63) is 71.8 Å². The Hall–Kier alpha value is -2.02. The average molecular weight is 224 g/mol. The molecule has 1 heteroatoms. The maximum Gasteiger partial charge on any atom is 0.120 e. The summed E-state index contributed by atoms with van der Waals surface area (Å²) in [6.07, 6.45) is 1.82. The van der Waals surface area contributed by atoms with Gasteiger partial charge in [0.15, 0.2) is 0 Å². The summed E-state index contributed by atoms with van der Waals surface area (Å²) in [6.45, 7) is 6.45. The Balaban J connectivity index is 2.07. The van der Waals surface area contributed by atoms with Crippen LogP contribution in [0, 0.1) is 6.92 Å². The lowest BCUT2D eigenvalue weighted by molar-refractivity contribution is 0.305. The van der Waals surface area contributed by atoms with E-state index in [0.717, 1.165) is 11.3 Å². The first kappa shape index (κ1) is 11.5. The molecule has 86 valence electrons. The third-order valence-corrected chi connectivity index (χ3v) is 2.75. The van der Waals surface area contributed by atoms with E-state index in [2.05, 4.69) is 25.6 Å². The van der Waals surface area contributed by atoms with Crippen LogP contribution in [0.2, 0.25) is 0 Å². The number of aryl methyl sites for hydroxylation is 1. The van der Waals surface area contributed by atoms with Gasteiger partial charge in [0.2, 0.25) is 0 Å². The minimum absolute atomic E-state index is 0.604. The summed E-state index contributed by atoms with van der Waals surface area (Å²) < 4.78 is 5.77. The van der Waals surface area contributed by atoms with Crippen LogP contribution in [0.15, 0.2) is 55.1 Å². The lowest BCUT2D eigenvalue weighted by Gasteiger charge is -2.09. The van der Waals surface area contributed by atoms with Crippen LogP contribution in [0.4, 0.5) is 0 Å². The van der Waals surface area contributed by atoms with Gasteiger partial charge in [-0.1, -0.05) is 49.1 Å². The quantitative estimate of drug-likeness (QED) is 0.755. The molecule has 0 heterocycles. The highest BCUT2D eigenvalue weighted by molar-refractivity contribution is 5.49. The first-order chi connectivity index (χ1) is 8.29. The van der Waals surface area contributed by atoms with Crippen molar-refractivity contribution < 1.29 is 4.74 Å². The molecule has 0 aliphatic carbocycles. The summed E-state index contributed by atoms with van der Waals surface area (Å²) >= 11 is 0. The van der Waals surface area contributed by atoms with Crippen molar-refractivity contribution in [3.63, 3.8) is 0 Å². The van der Waals surface area contributed by atoms with Crippen LogP contribution in [-0.2, 0) is 6.61 Å². The van der Waals surface area contributed by atoms with Crippen LogP contribution in [0.3, 0.4) is 0 Å². The number of benzene rings is 2. The van der Waals surface area contributed by atoms with Crippen molar-refractivity contribution in [3.8, 4) is 5.75 Å². The van der Waals surface area contributed by atoms with Crippen LogP contribution in [-0.4, -0.2) is 0 Å². The van der Waals surface area contributed by atoms with E-state index in [9.17, 15) is 0 Å². The summed E-state index contributed by atoms with van der Waals surface area (Å²) in [6, 6.07) is 16.2. The first-order valence-electron chi connectivity index (χ1n) is 5.69. The van der Waals surface area contributed by atoms with Gasteiger partial charge in [-0.25, -0.2) is 0 Å². The normalized spacial score (nSPS) is 9.94. The zero-order valence-corrected chi connectivity index (χ0v) is 10.0. The molecule has 0 bridgehead atoms.